The maximum Gasteiger partial charge on any atom is 0.324 e. The van der Waals surface area contributed by atoms with Crippen molar-refractivity contribution in [1.82, 2.24) is 10.2 Å². The fourth-order valence-corrected chi connectivity index (χ4v) is 2.00. The minimum atomic E-state index is -0.438. The number of urea groups is 1. The van der Waals surface area contributed by atoms with Crippen LogP contribution in [0.5, 0.6) is 0 Å². The number of nitrogens with zero attached hydrogens (tertiary/aromatic N) is 1. The van der Waals surface area contributed by atoms with Gasteiger partial charge in [0.15, 0.2) is 0 Å². The third-order valence-electron chi connectivity index (χ3n) is 2.77. The lowest BCUT2D eigenvalue weighted by Crippen LogP contribution is -2.50. The number of amides is 3. The van der Waals surface area contributed by atoms with E-state index in [-0.39, 0.29) is 18.0 Å². The Bertz CT molecular complexity index is 258. The van der Waals surface area contributed by atoms with Crippen molar-refractivity contribution in [2.24, 2.45) is 5.92 Å². The van der Waals surface area contributed by atoms with Crippen molar-refractivity contribution in [3.63, 3.8) is 0 Å². The Balaban J connectivity index is 2.49. The molecule has 0 aromatic carbocycles. The second-order valence-electron chi connectivity index (χ2n) is 4.16. The molecule has 1 aliphatic rings. The van der Waals surface area contributed by atoms with Gasteiger partial charge >= 0.3 is 6.03 Å². The van der Waals surface area contributed by atoms with Crippen LogP contribution in [0.1, 0.15) is 26.7 Å². The molecule has 4 nitrogen and oxygen atoms in total. The van der Waals surface area contributed by atoms with Crippen LogP contribution in [0.2, 0.25) is 0 Å². The van der Waals surface area contributed by atoms with Gasteiger partial charge < -0.3 is 4.90 Å². The maximum atomic E-state index is 11.6. The summed E-state index contributed by atoms with van der Waals surface area (Å²) in [5.74, 6) is 0.0324. The van der Waals surface area contributed by atoms with Crippen LogP contribution in [-0.2, 0) is 4.79 Å². The molecule has 0 radical (unpaired) electrons. The van der Waals surface area contributed by atoms with E-state index in [9.17, 15) is 9.59 Å². The van der Waals surface area contributed by atoms with Gasteiger partial charge in [-0.25, -0.2) is 4.79 Å². The van der Waals surface area contributed by atoms with Crippen LogP contribution in [0, 0.1) is 5.92 Å². The first-order valence-corrected chi connectivity index (χ1v) is 5.74. The average molecular weight is 233 g/mol. The molecule has 0 spiro atoms. The molecule has 2 atom stereocenters. The highest BCUT2D eigenvalue weighted by Gasteiger charge is 2.27. The summed E-state index contributed by atoms with van der Waals surface area (Å²) in [4.78, 5) is 24.3. The minimum Gasteiger partial charge on any atom is -0.322 e. The molecular formula is C10H17ClN2O2. The molecule has 3 amide bonds. The molecule has 0 aromatic heterocycles. The Kier molecular flexibility index (Phi) is 4.39. The molecule has 1 aliphatic heterocycles. The number of halogens is 1. The van der Waals surface area contributed by atoms with Crippen LogP contribution in [0.4, 0.5) is 4.79 Å². The molecule has 0 bridgehead atoms. The number of hydrogen-bond donors (Lipinski definition) is 1. The van der Waals surface area contributed by atoms with Crippen molar-refractivity contribution in [2.45, 2.75) is 32.7 Å². The van der Waals surface area contributed by atoms with Crippen LogP contribution in [0.25, 0.3) is 0 Å². The molecule has 1 N–H and O–H groups in total. The molecule has 86 valence electrons. The number of carbonyl (C=O) groups is 2. The zero-order valence-electron chi connectivity index (χ0n) is 9.12. The number of carbonyl (C=O) groups excluding carboxylic acids is 2. The lowest BCUT2D eigenvalue weighted by atomic mass is 9.94. The monoisotopic (exact) mass is 232 g/mol. The molecule has 0 saturated carbocycles. The summed E-state index contributed by atoms with van der Waals surface area (Å²) in [6.07, 6.45) is 1.98. The van der Waals surface area contributed by atoms with Crippen molar-refractivity contribution < 1.29 is 9.59 Å². The molecule has 0 aromatic rings. The first-order chi connectivity index (χ1) is 7.04. The van der Waals surface area contributed by atoms with Gasteiger partial charge in [0.25, 0.3) is 0 Å². The highest BCUT2D eigenvalue weighted by molar-refractivity contribution is 6.28. The van der Waals surface area contributed by atoms with Gasteiger partial charge in [0.1, 0.15) is 5.88 Å². The van der Waals surface area contributed by atoms with E-state index >= 15 is 0 Å². The van der Waals surface area contributed by atoms with E-state index in [2.05, 4.69) is 12.2 Å². The van der Waals surface area contributed by atoms with E-state index in [1.54, 1.807) is 4.90 Å². The standard InChI is InChI=1S/C10H17ClN2O2/c1-7-3-4-13(8(2)5-7)10(15)12-9(14)6-11/h7-8H,3-6H2,1-2H3,(H,12,14,15). The van der Waals surface area contributed by atoms with Crippen molar-refractivity contribution in [3.05, 3.63) is 0 Å². The fraction of sp³-hybridized carbons (Fsp3) is 0.800. The second kappa shape index (κ2) is 5.35. The van der Waals surface area contributed by atoms with E-state index in [0.29, 0.717) is 12.5 Å². The average Bonchev–Trinajstić information content (AvgIpc) is 2.17. The molecular weight excluding hydrogens is 216 g/mol. The van der Waals surface area contributed by atoms with Gasteiger partial charge in [-0.15, -0.1) is 11.6 Å². The lowest BCUT2D eigenvalue weighted by molar-refractivity contribution is -0.117. The summed E-state index contributed by atoms with van der Waals surface area (Å²) in [5.41, 5.74) is 0. The highest BCUT2D eigenvalue weighted by Crippen LogP contribution is 2.21. The Morgan fingerprint density at radius 1 is 1.47 bits per heavy atom. The molecule has 1 fully saturated rings. The SMILES string of the molecule is CC1CCN(C(=O)NC(=O)CCl)C(C)C1. The minimum absolute atomic E-state index is 0.176. The summed E-state index contributed by atoms with van der Waals surface area (Å²) in [6.45, 7) is 4.89. The molecule has 0 aliphatic carbocycles. The van der Waals surface area contributed by atoms with Crippen LogP contribution in [-0.4, -0.2) is 35.3 Å². The summed E-state index contributed by atoms with van der Waals surface area (Å²) in [5, 5.41) is 2.26. The number of hydrogen-bond acceptors (Lipinski definition) is 2. The quantitative estimate of drug-likeness (QED) is 0.698. The Labute approximate surface area is 95.0 Å². The van der Waals surface area contributed by atoms with Crippen molar-refractivity contribution in [2.75, 3.05) is 12.4 Å². The number of nitrogens with one attached hydrogen (secondary N) is 1. The number of likely N-dealkylation sites (tertiary alicyclic amines) is 1. The normalized spacial score (nSPS) is 26.2. The first-order valence-electron chi connectivity index (χ1n) is 5.21. The van der Waals surface area contributed by atoms with Gasteiger partial charge in [-0.3, -0.25) is 10.1 Å². The summed E-state index contributed by atoms with van der Waals surface area (Å²) >= 11 is 5.31. The number of rotatable bonds is 1. The number of imide groups is 1. The zero-order chi connectivity index (χ0) is 11.4. The largest absolute Gasteiger partial charge is 0.324 e. The Morgan fingerprint density at radius 2 is 2.13 bits per heavy atom. The van der Waals surface area contributed by atoms with E-state index < -0.39 is 5.91 Å². The predicted octanol–water partition coefficient (Wildman–Crippen LogP) is 1.58. The summed E-state index contributed by atoms with van der Waals surface area (Å²) < 4.78 is 0. The predicted molar refractivity (Wildman–Crippen MR) is 58.8 cm³/mol. The molecule has 5 heteroatoms. The summed E-state index contributed by atoms with van der Waals surface area (Å²) in [6, 6.07) is -0.128. The first kappa shape index (κ1) is 12.3. The van der Waals surface area contributed by atoms with Gasteiger partial charge in [-0.2, -0.15) is 0 Å². The molecule has 2 unspecified atom stereocenters. The van der Waals surface area contributed by atoms with E-state index in [4.69, 9.17) is 11.6 Å². The van der Waals surface area contributed by atoms with Crippen LogP contribution in [0.15, 0.2) is 0 Å². The maximum absolute atomic E-state index is 11.6. The van der Waals surface area contributed by atoms with E-state index in [0.717, 1.165) is 12.8 Å². The van der Waals surface area contributed by atoms with E-state index in [1.165, 1.54) is 0 Å². The molecule has 1 saturated heterocycles. The fourth-order valence-electron chi connectivity index (χ4n) is 1.93. The Hall–Kier alpha value is -0.770. The zero-order valence-corrected chi connectivity index (χ0v) is 9.88. The Morgan fingerprint density at radius 3 is 2.67 bits per heavy atom. The topological polar surface area (TPSA) is 49.4 Å². The van der Waals surface area contributed by atoms with Gasteiger partial charge in [-0.05, 0) is 25.7 Å². The molecule has 15 heavy (non-hydrogen) atoms. The lowest BCUT2D eigenvalue weighted by Gasteiger charge is -2.36. The molecule has 1 rings (SSSR count). The third kappa shape index (κ3) is 3.38. The number of piperidine rings is 1. The van der Waals surface area contributed by atoms with Crippen LogP contribution in [0.3, 0.4) is 0 Å². The van der Waals surface area contributed by atoms with Crippen LogP contribution < -0.4 is 5.32 Å². The van der Waals surface area contributed by atoms with Crippen LogP contribution >= 0.6 is 11.6 Å². The van der Waals surface area contributed by atoms with Crippen molar-refractivity contribution >= 4 is 23.5 Å². The van der Waals surface area contributed by atoms with Gasteiger partial charge in [0.2, 0.25) is 5.91 Å². The highest BCUT2D eigenvalue weighted by atomic mass is 35.5. The van der Waals surface area contributed by atoms with Gasteiger partial charge in [-0.1, -0.05) is 6.92 Å². The number of alkyl halides is 1. The van der Waals surface area contributed by atoms with Crippen molar-refractivity contribution in [1.29, 1.82) is 0 Å². The summed E-state index contributed by atoms with van der Waals surface area (Å²) in [7, 11) is 0. The molecule has 1 heterocycles. The van der Waals surface area contributed by atoms with E-state index in [1.807, 2.05) is 6.92 Å². The second-order valence-corrected chi connectivity index (χ2v) is 4.43. The van der Waals surface area contributed by atoms with Gasteiger partial charge in [0, 0.05) is 12.6 Å². The van der Waals surface area contributed by atoms with Gasteiger partial charge in [0.05, 0.1) is 0 Å². The smallest absolute Gasteiger partial charge is 0.322 e. The van der Waals surface area contributed by atoms with Crippen molar-refractivity contribution in [3.8, 4) is 0 Å². The third-order valence-corrected chi connectivity index (χ3v) is 3.01.